The van der Waals surface area contributed by atoms with Gasteiger partial charge in [-0.15, -0.1) is 0 Å². The van der Waals surface area contributed by atoms with E-state index < -0.39 is 21.1 Å². The molecule has 0 aliphatic rings. The summed E-state index contributed by atoms with van der Waals surface area (Å²) in [5.41, 5.74) is 0. The summed E-state index contributed by atoms with van der Waals surface area (Å²) in [7, 11) is 0. The van der Waals surface area contributed by atoms with Crippen LogP contribution in [0.3, 0.4) is 0 Å². The molecule has 1 heteroatoms. The van der Waals surface area contributed by atoms with E-state index in [4.69, 9.17) is 0 Å². The van der Waals surface area contributed by atoms with E-state index in [1.165, 1.54) is 77.0 Å². The second-order valence-electron chi connectivity index (χ2n) is 9.31. The van der Waals surface area contributed by atoms with Crippen LogP contribution in [0.2, 0.25) is 6.86 Å². The van der Waals surface area contributed by atoms with Gasteiger partial charge in [0.15, 0.2) is 0 Å². The fourth-order valence-corrected chi connectivity index (χ4v) is 13.2. The third-order valence-corrected chi connectivity index (χ3v) is 13.9. The predicted octanol–water partition coefficient (Wildman–Crippen LogP) is 10.1. The molecule has 0 aromatic heterocycles. The standard InChI is InChI=1S/2C13H27.Sn/c2*1-4-7-10-13(11-8-5-2)12-9-6-3;/h2*4-12H2,1-3H3;. The predicted molar refractivity (Wildman–Crippen MR) is 128 cm³/mol. The van der Waals surface area contributed by atoms with Gasteiger partial charge in [-0.3, -0.25) is 0 Å². The third kappa shape index (κ3) is 12.2. The summed E-state index contributed by atoms with van der Waals surface area (Å²) in [6.45, 7) is 14.5. The van der Waals surface area contributed by atoms with Crippen LogP contribution in [0.1, 0.15) is 157 Å². The molecule has 0 aliphatic carbocycles. The molecule has 0 nitrogen and oxygen atoms in total. The fraction of sp³-hybridized carbons (Fsp3) is 1.00. The van der Waals surface area contributed by atoms with Crippen LogP contribution >= 0.6 is 0 Å². The van der Waals surface area contributed by atoms with Gasteiger partial charge in [0, 0.05) is 0 Å². The van der Waals surface area contributed by atoms with Crippen molar-refractivity contribution in [2.75, 3.05) is 0 Å². The van der Waals surface area contributed by atoms with E-state index in [1.807, 2.05) is 0 Å². The zero-order valence-corrected chi connectivity index (χ0v) is 23.1. The van der Waals surface area contributed by atoms with E-state index in [2.05, 4.69) is 41.5 Å². The van der Waals surface area contributed by atoms with Crippen molar-refractivity contribution in [1.82, 2.24) is 0 Å². The summed E-state index contributed by atoms with van der Waals surface area (Å²) >= 11 is -0.463. The molecule has 0 aliphatic heterocycles. The Morgan fingerprint density at radius 1 is 0.370 bits per heavy atom. The quantitative estimate of drug-likeness (QED) is 0.151. The molecule has 27 heavy (non-hydrogen) atoms. The molecule has 0 N–H and O–H groups in total. The van der Waals surface area contributed by atoms with Crippen molar-refractivity contribution in [2.24, 2.45) is 0 Å². The van der Waals surface area contributed by atoms with Gasteiger partial charge in [-0.05, 0) is 0 Å². The zero-order chi connectivity index (χ0) is 20.4. The van der Waals surface area contributed by atoms with Crippen molar-refractivity contribution >= 4 is 21.1 Å². The first-order valence-corrected chi connectivity index (χ1v) is 15.7. The number of hydrogen-bond acceptors (Lipinski definition) is 0. The van der Waals surface area contributed by atoms with Gasteiger partial charge < -0.3 is 0 Å². The van der Waals surface area contributed by atoms with Gasteiger partial charge >= 0.3 is 185 Å². The molecule has 0 unspecified atom stereocenters. The summed E-state index contributed by atoms with van der Waals surface area (Å²) in [6.07, 6.45) is 26.7. The van der Waals surface area contributed by atoms with Gasteiger partial charge in [-0.25, -0.2) is 0 Å². The van der Waals surface area contributed by atoms with Gasteiger partial charge in [0.1, 0.15) is 0 Å². The molecule has 0 saturated carbocycles. The van der Waals surface area contributed by atoms with E-state index in [9.17, 15) is 0 Å². The Bertz CT molecular complexity index is 236. The molecule has 0 aromatic rings. The van der Waals surface area contributed by atoms with Crippen LogP contribution in [0, 0.1) is 0 Å². The SMILES string of the molecule is CCCC[C](CCCC)(CCCC)[Sn][C](CCCC)(CCCC)CCCC. The molecule has 0 fully saturated rings. The van der Waals surface area contributed by atoms with E-state index in [0.29, 0.717) is 0 Å². The topological polar surface area (TPSA) is 0 Å². The number of hydrogen-bond donors (Lipinski definition) is 0. The molecule has 0 heterocycles. The van der Waals surface area contributed by atoms with Crippen LogP contribution in [0.25, 0.3) is 0 Å². The van der Waals surface area contributed by atoms with E-state index in [0.717, 1.165) is 6.86 Å². The second-order valence-corrected chi connectivity index (χ2v) is 16.1. The molecule has 2 radical (unpaired) electrons. The van der Waals surface area contributed by atoms with Crippen molar-refractivity contribution in [3.05, 3.63) is 0 Å². The van der Waals surface area contributed by atoms with Gasteiger partial charge in [0.25, 0.3) is 0 Å². The maximum atomic E-state index is 2.41. The molecule has 0 bridgehead atoms. The first-order valence-electron chi connectivity index (χ1n) is 12.9. The molecular weight excluding hydrogens is 431 g/mol. The Kier molecular flexibility index (Phi) is 18.2. The molecule has 0 aromatic carbocycles. The summed E-state index contributed by atoms with van der Waals surface area (Å²) in [5, 5.41) is 0. The van der Waals surface area contributed by atoms with Gasteiger partial charge in [-0.1, -0.05) is 0 Å². The van der Waals surface area contributed by atoms with Gasteiger partial charge in [-0.2, -0.15) is 0 Å². The molecule has 0 amide bonds. The molecule has 162 valence electrons. The average molecular weight is 485 g/mol. The zero-order valence-electron chi connectivity index (χ0n) is 20.2. The Hall–Kier alpha value is 0.799. The van der Waals surface area contributed by atoms with Crippen molar-refractivity contribution in [1.29, 1.82) is 0 Å². The Morgan fingerprint density at radius 3 is 0.704 bits per heavy atom. The van der Waals surface area contributed by atoms with E-state index >= 15 is 0 Å². The average Bonchev–Trinajstić information content (AvgIpc) is 2.70. The van der Waals surface area contributed by atoms with Crippen LogP contribution in [-0.2, 0) is 0 Å². The Balaban J connectivity index is 5.66. The molecule has 0 atom stereocenters. The van der Waals surface area contributed by atoms with Crippen LogP contribution in [0.4, 0.5) is 0 Å². The summed E-state index contributed by atoms with van der Waals surface area (Å²) < 4.78 is 1.61. The Morgan fingerprint density at radius 2 is 0.556 bits per heavy atom. The van der Waals surface area contributed by atoms with Crippen LogP contribution < -0.4 is 0 Å². The molecule has 0 saturated heterocycles. The minimum atomic E-state index is -0.463. The van der Waals surface area contributed by atoms with E-state index in [1.54, 1.807) is 38.5 Å². The van der Waals surface area contributed by atoms with Gasteiger partial charge in [0.05, 0.1) is 0 Å². The van der Waals surface area contributed by atoms with Crippen LogP contribution in [0.5, 0.6) is 0 Å². The summed E-state index contributed by atoms with van der Waals surface area (Å²) in [4.78, 5) is 0. The van der Waals surface area contributed by atoms with E-state index in [-0.39, 0.29) is 0 Å². The van der Waals surface area contributed by atoms with Crippen LogP contribution in [-0.4, -0.2) is 21.1 Å². The van der Waals surface area contributed by atoms with Crippen LogP contribution in [0.15, 0.2) is 0 Å². The summed E-state index contributed by atoms with van der Waals surface area (Å²) in [5.74, 6) is 0. The number of unbranched alkanes of at least 4 members (excludes halogenated alkanes) is 6. The maximum absolute atomic E-state index is 2.41. The normalized spacial score (nSPS) is 12.7. The summed E-state index contributed by atoms with van der Waals surface area (Å²) in [6, 6.07) is 0. The fourth-order valence-electron chi connectivity index (χ4n) is 4.78. The van der Waals surface area contributed by atoms with Crippen molar-refractivity contribution < 1.29 is 0 Å². The Labute approximate surface area is 184 Å². The third-order valence-electron chi connectivity index (χ3n) is 6.58. The molecular formula is C26H54Sn. The first kappa shape index (κ1) is 27.8. The second kappa shape index (κ2) is 17.6. The monoisotopic (exact) mass is 486 g/mol. The van der Waals surface area contributed by atoms with Crippen molar-refractivity contribution in [2.45, 2.75) is 164 Å². The van der Waals surface area contributed by atoms with Gasteiger partial charge in [0.2, 0.25) is 0 Å². The minimum absolute atomic E-state index is 0.463. The van der Waals surface area contributed by atoms with Crippen molar-refractivity contribution in [3.63, 3.8) is 0 Å². The number of rotatable bonds is 20. The first-order chi connectivity index (χ1) is 13.1. The molecule has 0 rings (SSSR count). The molecule has 0 spiro atoms. The van der Waals surface area contributed by atoms with Crippen molar-refractivity contribution in [3.8, 4) is 0 Å².